The molecule has 1 aromatic rings. The van der Waals surface area contributed by atoms with Crippen LogP contribution < -0.4 is 4.90 Å². The Morgan fingerprint density at radius 3 is 3.05 bits per heavy atom. The quantitative estimate of drug-likeness (QED) is 0.892. The summed E-state index contributed by atoms with van der Waals surface area (Å²) in [6.45, 7) is 1.11. The molecule has 1 unspecified atom stereocenters. The molecule has 1 fully saturated rings. The van der Waals surface area contributed by atoms with E-state index in [2.05, 4.69) is 0 Å². The number of hydrogen-bond donors (Lipinski definition) is 1. The average Bonchev–Trinajstić information content (AvgIpc) is 2.39. The van der Waals surface area contributed by atoms with Gasteiger partial charge in [-0.3, -0.25) is 4.79 Å². The lowest BCUT2D eigenvalue weighted by molar-refractivity contribution is -0.138. The summed E-state index contributed by atoms with van der Waals surface area (Å²) in [5.41, 5.74) is 0.554. The molecule has 100 valence electrons. The number of halogens is 1. The van der Waals surface area contributed by atoms with Crippen LogP contribution in [0.5, 0.6) is 0 Å². The van der Waals surface area contributed by atoms with Crippen molar-refractivity contribution in [1.29, 1.82) is 5.26 Å². The highest BCUT2D eigenvalue weighted by Crippen LogP contribution is 2.25. The number of carbonyl (C=O) groups is 1. The van der Waals surface area contributed by atoms with E-state index >= 15 is 0 Å². The summed E-state index contributed by atoms with van der Waals surface area (Å²) in [6, 6.07) is 5.65. The molecule has 1 saturated heterocycles. The summed E-state index contributed by atoms with van der Waals surface area (Å²) in [6.07, 6.45) is -0.112. The molecule has 6 heteroatoms. The largest absolute Gasteiger partial charge is 0.481 e. The summed E-state index contributed by atoms with van der Waals surface area (Å²) in [4.78, 5) is 12.5. The minimum absolute atomic E-state index is 0.112. The Morgan fingerprint density at radius 1 is 1.63 bits per heavy atom. The van der Waals surface area contributed by atoms with Crippen molar-refractivity contribution in [3.05, 3.63) is 29.6 Å². The number of hydrogen-bond acceptors (Lipinski definition) is 4. The predicted molar refractivity (Wildman–Crippen MR) is 65.3 cm³/mol. The zero-order valence-electron chi connectivity index (χ0n) is 10.2. The lowest BCUT2D eigenvalue weighted by Crippen LogP contribution is -2.47. The predicted octanol–water partition coefficient (Wildman–Crippen LogP) is 1.38. The summed E-state index contributed by atoms with van der Waals surface area (Å²) in [5, 5.41) is 17.6. The Kier molecular flexibility index (Phi) is 3.97. The van der Waals surface area contributed by atoms with Crippen molar-refractivity contribution >= 4 is 11.7 Å². The first-order chi connectivity index (χ1) is 9.11. The Bertz CT molecular complexity index is 527. The summed E-state index contributed by atoms with van der Waals surface area (Å²) < 4.78 is 19.2. The van der Waals surface area contributed by atoms with Crippen molar-refractivity contribution in [3.63, 3.8) is 0 Å². The second kappa shape index (κ2) is 5.67. The van der Waals surface area contributed by atoms with Crippen LogP contribution in [0.2, 0.25) is 0 Å². The van der Waals surface area contributed by atoms with Crippen LogP contribution in [-0.4, -0.2) is 36.9 Å². The Hall–Kier alpha value is -2.13. The molecule has 2 rings (SSSR count). The van der Waals surface area contributed by atoms with Crippen molar-refractivity contribution in [2.45, 2.75) is 12.5 Å². The van der Waals surface area contributed by atoms with E-state index in [1.165, 1.54) is 12.1 Å². The maximum Gasteiger partial charge on any atom is 0.305 e. The topological polar surface area (TPSA) is 73.6 Å². The second-order valence-corrected chi connectivity index (χ2v) is 4.30. The number of carboxylic acid groups (broad SMARTS) is 1. The third-order valence-corrected chi connectivity index (χ3v) is 3.02. The summed E-state index contributed by atoms with van der Waals surface area (Å²) >= 11 is 0. The molecule has 0 aliphatic carbocycles. The molecule has 1 aliphatic heterocycles. The average molecular weight is 264 g/mol. The van der Waals surface area contributed by atoms with Gasteiger partial charge in [0, 0.05) is 6.54 Å². The van der Waals surface area contributed by atoms with Gasteiger partial charge in [-0.15, -0.1) is 0 Å². The van der Waals surface area contributed by atoms with Crippen LogP contribution in [0.15, 0.2) is 18.2 Å². The number of benzene rings is 1. The maximum absolute atomic E-state index is 14.0. The number of nitrogens with zero attached hydrogens (tertiary/aromatic N) is 2. The first-order valence-electron chi connectivity index (χ1n) is 5.87. The van der Waals surface area contributed by atoms with Crippen molar-refractivity contribution in [1.82, 2.24) is 0 Å². The number of aliphatic carboxylic acids is 1. The van der Waals surface area contributed by atoms with Gasteiger partial charge in [0.25, 0.3) is 0 Å². The number of rotatable bonds is 3. The normalized spacial score (nSPS) is 18.9. The van der Waals surface area contributed by atoms with E-state index in [9.17, 15) is 9.18 Å². The Labute approximate surface area is 109 Å². The number of ether oxygens (including phenoxy) is 1. The SMILES string of the molecule is N#Cc1ccc(N2CCOCC2CC(=O)O)c(F)c1. The fourth-order valence-electron chi connectivity index (χ4n) is 2.15. The Morgan fingerprint density at radius 2 is 2.42 bits per heavy atom. The zero-order valence-corrected chi connectivity index (χ0v) is 10.2. The van der Waals surface area contributed by atoms with E-state index in [-0.39, 0.29) is 18.6 Å². The number of morpholine rings is 1. The van der Waals surface area contributed by atoms with Crippen LogP contribution in [0.25, 0.3) is 0 Å². The summed E-state index contributed by atoms with van der Waals surface area (Å²) in [5.74, 6) is -1.47. The molecule has 0 saturated carbocycles. The molecule has 1 atom stereocenters. The molecule has 5 nitrogen and oxygen atoms in total. The van der Waals surface area contributed by atoms with Crippen LogP contribution in [0, 0.1) is 17.1 Å². The van der Waals surface area contributed by atoms with Gasteiger partial charge in [-0.1, -0.05) is 0 Å². The van der Waals surface area contributed by atoms with Gasteiger partial charge >= 0.3 is 5.97 Å². The standard InChI is InChI=1S/C13H13FN2O3/c14-11-5-9(7-15)1-2-12(11)16-3-4-19-8-10(16)6-13(17)18/h1-2,5,10H,3-4,6,8H2,(H,17,18). The van der Waals surface area contributed by atoms with Gasteiger partial charge < -0.3 is 14.7 Å². The molecule has 1 aliphatic rings. The van der Waals surface area contributed by atoms with Crippen LogP contribution in [0.1, 0.15) is 12.0 Å². The zero-order chi connectivity index (χ0) is 13.8. The van der Waals surface area contributed by atoms with E-state index in [1.807, 2.05) is 6.07 Å². The van der Waals surface area contributed by atoms with Gasteiger partial charge in [-0.05, 0) is 18.2 Å². The van der Waals surface area contributed by atoms with Gasteiger partial charge in [0.1, 0.15) is 5.82 Å². The van der Waals surface area contributed by atoms with E-state index in [1.54, 1.807) is 4.90 Å². The van der Waals surface area contributed by atoms with Gasteiger partial charge in [0.05, 0.1) is 43.0 Å². The minimum Gasteiger partial charge on any atom is -0.481 e. The van der Waals surface area contributed by atoms with Crippen LogP contribution in [-0.2, 0) is 9.53 Å². The number of nitriles is 1. The Balaban J connectivity index is 2.27. The van der Waals surface area contributed by atoms with Gasteiger partial charge in [0.15, 0.2) is 0 Å². The molecule has 0 bridgehead atoms. The lowest BCUT2D eigenvalue weighted by atomic mass is 10.1. The van der Waals surface area contributed by atoms with E-state index < -0.39 is 17.8 Å². The first-order valence-corrected chi connectivity index (χ1v) is 5.87. The molecule has 0 amide bonds. The third-order valence-electron chi connectivity index (χ3n) is 3.02. The van der Waals surface area contributed by atoms with Crippen LogP contribution in [0.4, 0.5) is 10.1 Å². The third kappa shape index (κ3) is 3.01. The fraction of sp³-hybridized carbons (Fsp3) is 0.385. The van der Waals surface area contributed by atoms with Crippen molar-refractivity contribution in [3.8, 4) is 6.07 Å². The first kappa shape index (κ1) is 13.3. The molecule has 0 aromatic heterocycles. The van der Waals surface area contributed by atoms with E-state index in [0.717, 1.165) is 6.07 Å². The molecule has 1 aromatic carbocycles. The molecule has 1 N–H and O–H groups in total. The van der Waals surface area contributed by atoms with Gasteiger partial charge in [0.2, 0.25) is 0 Å². The minimum atomic E-state index is -0.949. The monoisotopic (exact) mass is 264 g/mol. The van der Waals surface area contributed by atoms with Gasteiger partial charge in [-0.25, -0.2) is 4.39 Å². The second-order valence-electron chi connectivity index (χ2n) is 4.30. The molecular weight excluding hydrogens is 251 g/mol. The highest BCUT2D eigenvalue weighted by molar-refractivity contribution is 5.69. The van der Waals surface area contributed by atoms with E-state index in [0.29, 0.717) is 18.8 Å². The molecule has 0 radical (unpaired) electrons. The highest BCUT2D eigenvalue weighted by atomic mass is 19.1. The lowest BCUT2D eigenvalue weighted by Gasteiger charge is -2.36. The smallest absolute Gasteiger partial charge is 0.305 e. The number of anilines is 1. The maximum atomic E-state index is 14.0. The highest BCUT2D eigenvalue weighted by Gasteiger charge is 2.27. The molecular formula is C13H13FN2O3. The van der Waals surface area contributed by atoms with Gasteiger partial charge in [-0.2, -0.15) is 5.26 Å². The van der Waals surface area contributed by atoms with Crippen molar-refractivity contribution < 1.29 is 19.0 Å². The van der Waals surface area contributed by atoms with E-state index in [4.69, 9.17) is 15.1 Å². The molecule has 0 spiro atoms. The fourth-order valence-corrected chi connectivity index (χ4v) is 2.15. The molecule has 1 heterocycles. The molecule has 19 heavy (non-hydrogen) atoms. The van der Waals surface area contributed by atoms with Crippen molar-refractivity contribution in [2.75, 3.05) is 24.7 Å². The summed E-state index contributed by atoms with van der Waals surface area (Å²) in [7, 11) is 0. The van der Waals surface area contributed by atoms with Crippen molar-refractivity contribution in [2.24, 2.45) is 0 Å². The number of carboxylic acids is 1. The van der Waals surface area contributed by atoms with Crippen LogP contribution in [0.3, 0.4) is 0 Å². The van der Waals surface area contributed by atoms with Crippen LogP contribution >= 0.6 is 0 Å².